The molecule has 0 aromatic carbocycles. The molecule has 0 aliphatic carbocycles. The lowest BCUT2D eigenvalue weighted by Gasteiger charge is -2.11. The van der Waals surface area contributed by atoms with Crippen molar-refractivity contribution >= 4 is 14.0 Å². The minimum atomic E-state index is -0.241. The zero-order chi connectivity index (χ0) is 7.98. The van der Waals surface area contributed by atoms with E-state index in [1.807, 2.05) is 0 Å². The van der Waals surface area contributed by atoms with Gasteiger partial charge in [-0.25, -0.2) is 0 Å². The Balaban J connectivity index is 3.68. The molecule has 0 radical (unpaired) electrons. The maximum atomic E-state index is 10.8. The third kappa shape index (κ3) is 2.84. The molecule has 0 aromatic heterocycles. The van der Waals surface area contributed by atoms with E-state index >= 15 is 0 Å². The van der Waals surface area contributed by atoms with Crippen molar-refractivity contribution in [3.8, 4) is 0 Å². The van der Waals surface area contributed by atoms with Gasteiger partial charge < -0.3 is 15.3 Å². The van der Waals surface area contributed by atoms with Gasteiger partial charge in [0.25, 0.3) is 0 Å². The Morgan fingerprint density at radius 2 is 2.40 bits per heavy atom. The zero-order valence-corrected chi connectivity index (χ0v) is 6.60. The Morgan fingerprint density at radius 1 is 1.80 bits per heavy atom. The summed E-state index contributed by atoms with van der Waals surface area (Å²) in [6.07, 6.45) is 0. The van der Waals surface area contributed by atoms with E-state index in [2.05, 4.69) is 15.3 Å². The van der Waals surface area contributed by atoms with Gasteiger partial charge in [-0.15, -0.1) is 0 Å². The lowest BCUT2D eigenvalue weighted by Crippen LogP contribution is -2.42. The van der Waals surface area contributed by atoms with E-state index in [9.17, 15) is 4.79 Å². The number of carbonyl (C=O) groups is 1. The van der Waals surface area contributed by atoms with Gasteiger partial charge in [0.2, 0.25) is 0 Å². The molecular formula is C5H13BN2O2. The summed E-state index contributed by atoms with van der Waals surface area (Å²) in [5.74, 6) is -0.239. The van der Waals surface area contributed by atoms with Crippen LogP contribution >= 0.6 is 0 Å². The monoisotopic (exact) mass is 144 g/mol. The maximum absolute atomic E-state index is 10.8. The smallest absolute Gasteiger partial charge is 0.324 e. The lowest BCUT2D eigenvalue weighted by molar-refractivity contribution is -0.142. The molecule has 0 aliphatic rings. The first-order valence-electron chi connectivity index (χ1n) is 3.16. The summed E-state index contributed by atoms with van der Waals surface area (Å²) in [6, 6.07) is -0.241. The summed E-state index contributed by atoms with van der Waals surface area (Å²) in [5.41, 5.74) is 0. The molecule has 0 fully saturated rings. The third-order valence-electron chi connectivity index (χ3n) is 1.24. The Morgan fingerprint density at radius 3 is 2.70 bits per heavy atom. The molecule has 0 saturated heterocycles. The predicted octanol–water partition coefficient (Wildman–Crippen LogP) is -2.11. The lowest BCUT2D eigenvalue weighted by atomic mass is 10.2. The standard InChI is InChI=1S/C5H13BN2O2/c1-7-4(3-8-6)5(9)10-2/h4,7-8H,3,6H2,1-2H3/t4-/m0/s1. The largest absolute Gasteiger partial charge is 0.468 e. The van der Waals surface area contributed by atoms with E-state index in [1.165, 1.54) is 7.11 Å². The molecule has 0 unspecified atom stereocenters. The molecule has 4 nitrogen and oxygen atoms in total. The van der Waals surface area contributed by atoms with Crippen LogP contribution in [0, 0.1) is 0 Å². The zero-order valence-electron chi connectivity index (χ0n) is 6.60. The molecule has 10 heavy (non-hydrogen) atoms. The fourth-order valence-corrected chi connectivity index (χ4v) is 0.650. The molecule has 0 saturated carbocycles. The van der Waals surface area contributed by atoms with Crippen LogP contribution in [0.3, 0.4) is 0 Å². The number of hydrogen-bond donors (Lipinski definition) is 2. The van der Waals surface area contributed by atoms with E-state index < -0.39 is 0 Å². The van der Waals surface area contributed by atoms with Crippen LogP contribution in [0.25, 0.3) is 0 Å². The Bertz CT molecular complexity index is 110. The highest BCUT2D eigenvalue weighted by molar-refractivity contribution is 6.04. The molecule has 5 heteroatoms. The topological polar surface area (TPSA) is 50.4 Å². The second-order valence-corrected chi connectivity index (χ2v) is 1.92. The quantitative estimate of drug-likeness (QED) is 0.350. The second-order valence-electron chi connectivity index (χ2n) is 1.92. The normalized spacial score (nSPS) is 12.6. The van der Waals surface area contributed by atoms with Crippen LogP contribution < -0.4 is 10.5 Å². The molecule has 1 atom stereocenters. The molecule has 0 aromatic rings. The van der Waals surface area contributed by atoms with Crippen LogP contribution in [0.4, 0.5) is 0 Å². The summed E-state index contributed by atoms with van der Waals surface area (Å²) in [4.78, 5) is 10.8. The number of carbonyl (C=O) groups excluding carboxylic acids is 1. The molecule has 0 rings (SSSR count). The molecule has 2 N–H and O–H groups in total. The molecular weight excluding hydrogens is 131 g/mol. The second kappa shape index (κ2) is 5.26. The van der Waals surface area contributed by atoms with E-state index in [4.69, 9.17) is 0 Å². The van der Waals surface area contributed by atoms with Crippen LogP contribution in [-0.4, -0.2) is 40.7 Å². The minimum absolute atomic E-state index is 0.239. The first-order valence-corrected chi connectivity index (χ1v) is 3.16. The van der Waals surface area contributed by atoms with Gasteiger partial charge in [-0.05, 0) is 7.05 Å². The summed E-state index contributed by atoms with van der Waals surface area (Å²) in [5, 5.41) is 5.69. The number of methoxy groups -OCH3 is 1. The van der Waals surface area contributed by atoms with Crippen LogP contribution in [-0.2, 0) is 9.53 Å². The highest BCUT2D eigenvalue weighted by atomic mass is 16.5. The van der Waals surface area contributed by atoms with E-state index in [0.717, 1.165) is 0 Å². The van der Waals surface area contributed by atoms with Crippen molar-refractivity contribution in [2.45, 2.75) is 6.04 Å². The van der Waals surface area contributed by atoms with Gasteiger partial charge in [-0.3, -0.25) is 4.79 Å². The molecule has 0 aliphatic heterocycles. The SMILES string of the molecule is BNC[C@H](NC)C(=O)OC. The number of ether oxygens (including phenoxy) is 1. The van der Waals surface area contributed by atoms with E-state index in [-0.39, 0.29) is 12.0 Å². The van der Waals surface area contributed by atoms with Crippen molar-refractivity contribution < 1.29 is 9.53 Å². The Kier molecular flexibility index (Phi) is 4.97. The van der Waals surface area contributed by atoms with E-state index in [0.29, 0.717) is 6.54 Å². The van der Waals surface area contributed by atoms with Crippen LogP contribution in [0.5, 0.6) is 0 Å². The van der Waals surface area contributed by atoms with Gasteiger partial charge >= 0.3 is 5.97 Å². The summed E-state index contributed by atoms with van der Waals surface area (Å²) in [7, 11) is 4.88. The number of likely N-dealkylation sites (N-methyl/N-ethyl adjacent to an activating group) is 1. The molecule has 0 heterocycles. The minimum Gasteiger partial charge on any atom is -0.468 e. The first-order chi connectivity index (χ1) is 4.76. The van der Waals surface area contributed by atoms with Gasteiger partial charge in [0, 0.05) is 6.54 Å². The van der Waals surface area contributed by atoms with Crippen molar-refractivity contribution in [1.29, 1.82) is 0 Å². The number of rotatable bonds is 4. The van der Waals surface area contributed by atoms with Crippen molar-refractivity contribution in [3.05, 3.63) is 0 Å². The maximum Gasteiger partial charge on any atom is 0.324 e. The van der Waals surface area contributed by atoms with Gasteiger partial charge in [-0.2, -0.15) is 0 Å². The van der Waals surface area contributed by atoms with Gasteiger partial charge in [0.15, 0.2) is 7.98 Å². The van der Waals surface area contributed by atoms with Crippen molar-refractivity contribution in [2.75, 3.05) is 20.7 Å². The predicted molar refractivity (Wildman–Crippen MR) is 41.4 cm³/mol. The highest BCUT2D eigenvalue weighted by Gasteiger charge is 2.14. The molecule has 58 valence electrons. The number of hydrogen-bond acceptors (Lipinski definition) is 4. The van der Waals surface area contributed by atoms with E-state index in [1.54, 1.807) is 15.0 Å². The average molecular weight is 144 g/mol. The van der Waals surface area contributed by atoms with Gasteiger partial charge in [0.05, 0.1) is 7.11 Å². The summed E-state index contributed by atoms with van der Waals surface area (Å²) in [6.45, 7) is 0.586. The fraction of sp³-hybridized carbons (Fsp3) is 0.800. The summed E-state index contributed by atoms with van der Waals surface area (Å²) >= 11 is 0. The third-order valence-corrected chi connectivity index (χ3v) is 1.24. The fourth-order valence-electron chi connectivity index (χ4n) is 0.650. The Hall–Kier alpha value is -0.545. The number of esters is 1. The van der Waals surface area contributed by atoms with Gasteiger partial charge in [0.1, 0.15) is 6.04 Å². The highest BCUT2D eigenvalue weighted by Crippen LogP contribution is 1.83. The average Bonchev–Trinajstić information content (AvgIpc) is 1.99. The van der Waals surface area contributed by atoms with Crippen LogP contribution in [0.15, 0.2) is 0 Å². The van der Waals surface area contributed by atoms with Crippen LogP contribution in [0.1, 0.15) is 0 Å². The van der Waals surface area contributed by atoms with Crippen LogP contribution in [0.2, 0.25) is 0 Å². The molecule has 0 bridgehead atoms. The van der Waals surface area contributed by atoms with Crippen molar-refractivity contribution in [3.63, 3.8) is 0 Å². The van der Waals surface area contributed by atoms with Crippen molar-refractivity contribution in [2.24, 2.45) is 0 Å². The Labute approximate surface area is 61.7 Å². The number of nitrogens with one attached hydrogen (secondary N) is 2. The molecule has 0 amide bonds. The van der Waals surface area contributed by atoms with Crippen molar-refractivity contribution in [1.82, 2.24) is 10.5 Å². The first kappa shape index (κ1) is 9.45. The summed E-state index contributed by atoms with van der Waals surface area (Å²) < 4.78 is 4.51. The van der Waals surface area contributed by atoms with Gasteiger partial charge in [-0.1, -0.05) is 0 Å². The molecule has 0 spiro atoms.